The third-order valence-corrected chi connectivity index (χ3v) is 4.96. The molecule has 156 valence electrons. The molecule has 0 heterocycles. The van der Waals surface area contributed by atoms with E-state index in [1.54, 1.807) is 32.4 Å². The first-order valence-electron chi connectivity index (χ1n) is 9.56. The lowest BCUT2D eigenvalue weighted by molar-refractivity contribution is 0.0953. The fraction of sp³-hybridized carbons (Fsp3) is 0.208. The van der Waals surface area contributed by atoms with Crippen LogP contribution in [0.25, 0.3) is 0 Å². The van der Waals surface area contributed by atoms with Gasteiger partial charge in [0.15, 0.2) is 11.5 Å². The van der Waals surface area contributed by atoms with Crippen LogP contribution < -0.4 is 19.5 Å². The Hall–Kier alpha value is -3.18. The minimum Gasteiger partial charge on any atom is -0.493 e. The van der Waals surface area contributed by atoms with Gasteiger partial charge in [0.25, 0.3) is 5.91 Å². The summed E-state index contributed by atoms with van der Waals surface area (Å²) in [6.45, 7) is 0.836. The average Bonchev–Trinajstić information content (AvgIpc) is 2.78. The second-order valence-corrected chi connectivity index (χ2v) is 7.01. The highest BCUT2D eigenvalue weighted by molar-refractivity contribution is 6.31. The van der Waals surface area contributed by atoms with Crippen LogP contribution in [0.2, 0.25) is 5.02 Å². The van der Waals surface area contributed by atoms with Gasteiger partial charge in [-0.05, 0) is 48.4 Å². The van der Waals surface area contributed by atoms with Crippen LogP contribution in [0.1, 0.15) is 21.5 Å². The minimum atomic E-state index is -0.154. The van der Waals surface area contributed by atoms with Crippen LogP contribution in [0.4, 0.5) is 0 Å². The van der Waals surface area contributed by atoms with Crippen molar-refractivity contribution in [2.45, 2.75) is 13.0 Å². The molecule has 3 aromatic carbocycles. The molecule has 0 unspecified atom stereocenters. The van der Waals surface area contributed by atoms with Crippen molar-refractivity contribution in [1.29, 1.82) is 0 Å². The Morgan fingerprint density at radius 2 is 1.73 bits per heavy atom. The fourth-order valence-electron chi connectivity index (χ4n) is 2.96. The summed E-state index contributed by atoms with van der Waals surface area (Å²) in [6, 6.07) is 20.3. The molecule has 5 nitrogen and oxygen atoms in total. The molecule has 3 aromatic rings. The van der Waals surface area contributed by atoms with Crippen molar-refractivity contribution in [3.63, 3.8) is 0 Å². The van der Waals surface area contributed by atoms with Gasteiger partial charge in [0.05, 0.1) is 14.2 Å². The lowest BCUT2D eigenvalue weighted by Gasteiger charge is -2.11. The molecule has 0 bridgehead atoms. The molecule has 0 fully saturated rings. The largest absolute Gasteiger partial charge is 0.493 e. The smallest absolute Gasteiger partial charge is 0.251 e. The summed E-state index contributed by atoms with van der Waals surface area (Å²) in [5.41, 5.74) is 2.48. The number of halogens is 1. The first kappa shape index (κ1) is 21.5. The van der Waals surface area contributed by atoms with Crippen LogP contribution >= 0.6 is 11.6 Å². The molecule has 0 saturated heterocycles. The molecule has 30 heavy (non-hydrogen) atoms. The predicted molar refractivity (Wildman–Crippen MR) is 118 cm³/mol. The third-order valence-electron chi connectivity index (χ3n) is 4.60. The van der Waals surface area contributed by atoms with Crippen molar-refractivity contribution >= 4 is 17.5 Å². The van der Waals surface area contributed by atoms with E-state index in [-0.39, 0.29) is 5.91 Å². The number of nitrogens with one attached hydrogen (secondary N) is 1. The number of rotatable bonds is 9. The van der Waals surface area contributed by atoms with Gasteiger partial charge in [-0.2, -0.15) is 0 Å². The Bertz CT molecular complexity index is 1010. The summed E-state index contributed by atoms with van der Waals surface area (Å²) in [5.74, 6) is 1.81. The van der Waals surface area contributed by atoms with Crippen LogP contribution in [0, 0.1) is 0 Å². The zero-order valence-electron chi connectivity index (χ0n) is 17.0. The van der Waals surface area contributed by atoms with E-state index in [0.29, 0.717) is 47.4 Å². The molecule has 0 spiro atoms. The van der Waals surface area contributed by atoms with E-state index in [4.69, 9.17) is 25.8 Å². The second kappa shape index (κ2) is 10.6. The maximum atomic E-state index is 12.5. The van der Waals surface area contributed by atoms with Gasteiger partial charge in [-0.25, -0.2) is 0 Å². The van der Waals surface area contributed by atoms with Crippen LogP contribution in [-0.2, 0) is 13.0 Å². The van der Waals surface area contributed by atoms with Crippen molar-refractivity contribution in [2.24, 2.45) is 0 Å². The lowest BCUT2D eigenvalue weighted by atomic mass is 10.1. The average molecular weight is 426 g/mol. The lowest BCUT2D eigenvalue weighted by Crippen LogP contribution is -2.25. The second-order valence-electron chi connectivity index (χ2n) is 6.60. The van der Waals surface area contributed by atoms with Gasteiger partial charge in [0.2, 0.25) is 0 Å². The monoisotopic (exact) mass is 425 g/mol. The van der Waals surface area contributed by atoms with E-state index in [9.17, 15) is 4.79 Å². The SMILES string of the molecule is COc1ccc(CCNC(=O)c2cccc(OCc3ccccc3Cl)c2)cc1OC. The minimum absolute atomic E-state index is 0.154. The third kappa shape index (κ3) is 5.67. The highest BCUT2D eigenvalue weighted by Crippen LogP contribution is 2.27. The molecule has 0 atom stereocenters. The van der Waals surface area contributed by atoms with Crippen LogP contribution in [0.3, 0.4) is 0 Å². The Balaban J connectivity index is 1.54. The molecule has 0 aliphatic heterocycles. The van der Waals surface area contributed by atoms with Gasteiger partial charge in [-0.3, -0.25) is 4.79 Å². The Labute approximate surface area is 181 Å². The number of methoxy groups -OCH3 is 2. The molecular weight excluding hydrogens is 402 g/mol. The first-order valence-corrected chi connectivity index (χ1v) is 9.94. The number of amides is 1. The van der Waals surface area contributed by atoms with Crippen molar-refractivity contribution in [1.82, 2.24) is 5.32 Å². The van der Waals surface area contributed by atoms with E-state index in [2.05, 4.69) is 5.32 Å². The Kier molecular flexibility index (Phi) is 7.57. The van der Waals surface area contributed by atoms with Crippen molar-refractivity contribution in [2.75, 3.05) is 20.8 Å². The van der Waals surface area contributed by atoms with Gasteiger partial charge in [-0.15, -0.1) is 0 Å². The number of hydrogen-bond donors (Lipinski definition) is 1. The first-order chi connectivity index (χ1) is 14.6. The van der Waals surface area contributed by atoms with Crippen molar-refractivity contribution in [3.05, 3.63) is 88.4 Å². The standard InChI is InChI=1S/C24H24ClNO4/c1-28-22-11-10-17(14-23(22)29-2)12-13-26-24(27)18-7-5-8-20(15-18)30-16-19-6-3-4-9-21(19)25/h3-11,14-15H,12-13,16H2,1-2H3,(H,26,27). The zero-order valence-corrected chi connectivity index (χ0v) is 17.7. The molecule has 1 amide bonds. The number of ether oxygens (including phenoxy) is 3. The number of carbonyl (C=O) groups is 1. The summed E-state index contributed by atoms with van der Waals surface area (Å²) in [7, 11) is 3.20. The summed E-state index contributed by atoms with van der Waals surface area (Å²) in [4.78, 5) is 12.5. The van der Waals surface area contributed by atoms with E-state index in [0.717, 1.165) is 11.1 Å². The Morgan fingerprint density at radius 3 is 2.50 bits per heavy atom. The van der Waals surface area contributed by atoms with Crippen molar-refractivity contribution in [3.8, 4) is 17.2 Å². The van der Waals surface area contributed by atoms with E-state index >= 15 is 0 Å². The van der Waals surface area contributed by atoms with Crippen LogP contribution in [0.15, 0.2) is 66.7 Å². The molecule has 0 aliphatic carbocycles. The number of hydrogen-bond acceptors (Lipinski definition) is 4. The quantitative estimate of drug-likeness (QED) is 0.529. The normalized spacial score (nSPS) is 10.4. The van der Waals surface area contributed by atoms with E-state index in [1.165, 1.54) is 0 Å². The maximum Gasteiger partial charge on any atom is 0.251 e. The van der Waals surface area contributed by atoms with Gasteiger partial charge in [0, 0.05) is 22.7 Å². The molecule has 0 saturated carbocycles. The van der Waals surface area contributed by atoms with Gasteiger partial charge >= 0.3 is 0 Å². The summed E-state index contributed by atoms with van der Waals surface area (Å²) in [5, 5.41) is 3.59. The zero-order chi connectivity index (χ0) is 21.3. The Morgan fingerprint density at radius 1 is 0.933 bits per heavy atom. The number of benzene rings is 3. The molecule has 6 heteroatoms. The highest BCUT2D eigenvalue weighted by atomic mass is 35.5. The maximum absolute atomic E-state index is 12.5. The molecule has 0 radical (unpaired) electrons. The summed E-state index contributed by atoms with van der Waals surface area (Å²) < 4.78 is 16.4. The number of carbonyl (C=O) groups excluding carboxylic acids is 1. The van der Waals surface area contributed by atoms with E-state index < -0.39 is 0 Å². The summed E-state index contributed by atoms with van der Waals surface area (Å²) in [6.07, 6.45) is 0.675. The molecule has 0 aromatic heterocycles. The van der Waals surface area contributed by atoms with Gasteiger partial charge < -0.3 is 19.5 Å². The predicted octanol–water partition coefficient (Wildman–Crippen LogP) is 4.91. The molecular formula is C24H24ClNO4. The van der Waals surface area contributed by atoms with Crippen LogP contribution in [-0.4, -0.2) is 26.7 Å². The van der Waals surface area contributed by atoms with Crippen LogP contribution in [0.5, 0.6) is 17.2 Å². The van der Waals surface area contributed by atoms with Gasteiger partial charge in [0.1, 0.15) is 12.4 Å². The molecule has 0 aliphatic rings. The molecule has 3 rings (SSSR count). The summed E-state index contributed by atoms with van der Waals surface area (Å²) >= 11 is 6.16. The van der Waals surface area contributed by atoms with Gasteiger partial charge in [-0.1, -0.05) is 41.9 Å². The van der Waals surface area contributed by atoms with E-state index in [1.807, 2.05) is 48.5 Å². The van der Waals surface area contributed by atoms with Crippen molar-refractivity contribution < 1.29 is 19.0 Å². The molecule has 1 N–H and O–H groups in total. The highest BCUT2D eigenvalue weighted by Gasteiger charge is 2.09. The topological polar surface area (TPSA) is 56.8 Å². The fourth-order valence-corrected chi connectivity index (χ4v) is 3.15.